The van der Waals surface area contributed by atoms with Crippen molar-refractivity contribution in [3.05, 3.63) is 107 Å². The third-order valence-electron chi connectivity index (χ3n) is 7.54. The quantitative estimate of drug-likeness (QED) is 0.220. The van der Waals surface area contributed by atoms with Gasteiger partial charge in [-0.05, 0) is 29.7 Å². The van der Waals surface area contributed by atoms with Crippen LogP contribution in [0.15, 0.2) is 83.0 Å². The van der Waals surface area contributed by atoms with E-state index in [0.717, 1.165) is 47.3 Å². The lowest BCUT2D eigenvalue weighted by Gasteiger charge is -2.52. The maximum absolute atomic E-state index is 12.6. The van der Waals surface area contributed by atoms with Gasteiger partial charge in [0.05, 0.1) is 5.69 Å². The predicted molar refractivity (Wildman–Crippen MR) is 153 cm³/mol. The molecule has 1 fully saturated rings. The Morgan fingerprint density at radius 3 is 1.57 bits per heavy atom. The van der Waals surface area contributed by atoms with Crippen LogP contribution in [0.2, 0.25) is 0 Å². The molecule has 4 aromatic rings. The lowest BCUT2D eigenvalue weighted by Crippen LogP contribution is -2.41. The Morgan fingerprint density at radius 1 is 0.600 bits per heavy atom. The number of hydrogen-bond donors (Lipinski definition) is 0. The van der Waals surface area contributed by atoms with E-state index < -0.39 is 24.8 Å². The van der Waals surface area contributed by atoms with Gasteiger partial charge in [0.15, 0.2) is 14.9 Å². The van der Waals surface area contributed by atoms with Gasteiger partial charge in [0, 0.05) is 54.0 Å². The van der Waals surface area contributed by atoms with E-state index in [1.54, 1.807) is 0 Å². The number of rotatable bonds is 8. The Balaban J connectivity index is 1.79. The lowest BCUT2D eigenvalue weighted by atomic mass is 9.50. The Bertz CT molecular complexity index is 1630. The smallest absolute Gasteiger partial charge is 0.238 e. The average Bonchev–Trinajstić information content (AvgIpc) is 2.92. The van der Waals surface area contributed by atoms with E-state index in [2.05, 4.69) is 23.0 Å². The van der Waals surface area contributed by atoms with E-state index >= 15 is 0 Å². The summed E-state index contributed by atoms with van der Waals surface area (Å²) in [5.74, 6) is 0.0729. The number of hydrogen-bond acceptors (Lipinski definition) is 8. The topological polar surface area (TPSA) is 120 Å². The van der Waals surface area contributed by atoms with Crippen molar-refractivity contribution >= 4 is 19.7 Å². The Labute approximate surface area is 235 Å². The van der Waals surface area contributed by atoms with Crippen molar-refractivity contribution in [1.29, 1.82) is 0 Å². The minimum absolute atomic E-state index is 0.0771. The molecule has 0 amide bonds. The molecule has 0 aliphatic heterocycles. The van der Waals surface area contributed by atoms with Gasteiger partial charge in [-0.2, -0.15) is 0 Å². The molecule has 2 aromatic carbocycles. The highest BCUT2D eigenvalue weighted by molar-refractivity contribution is 7.91. The molecule has 2 heterocycles. The molecule has 40 heavy (non-hydrogen) atoms. The van der Waals surface area contributed by atoms with Crippen LogP contribution in [0.25, 0.3) is 0 Å². The SMILES string of the molecule is CCc1cc(C2[C@@H](c3ccccc3)C(c3cc(S(C)(=O)=O)nc(S(C)(=O)=O)n3)[C@@H]2c2ccccc2)nc(CC)n1. The summed E-state index contributed by atoms with van der Waals surface area (Å²) in [6.45, 7) is 4.10. The predicted octanol–water partition coefficient (Wildman–Crippen LogP) is 4.65. The van der Waals surface area contributed by atoms with E-state index in [4.69, 9.17) is 9.97 Å². The molecule has 1 saturated carbocycles. The van der Waals surface area contributed by atoms with E-state index in [1.807, 2.05) is 67.6 Å². The molecule has 0 unspecified atom stereocenters. The molecule has 0 bridgehead atoms. The standard InChI is InChI=1S/C30H32N4O4S2/c1-5-21-17-22(32-24(6-2)31-21)28-26(19-13-9-7-10-14-19)29(27(28)20-15-11-8-12-16-20)23-18-25(39(3,35)36)34-30(33-23)40(4,37)38/h7-18,26-29H,5-6H2,1-4H3/t26-,27-,28?,29?/m1/s1. The van der Waals surface area contributed by atoms with Crippen molar-refractivity contribution in [3.8, 4) is 0 Å². The zero-order chi connectivity index (χ0) is 28.7. The van der Waals surface area contributed by atoms with E-state index in [-0.39, 0.29) is 28.7 Å². The third kappa shape index (κ3) is 5.42. The van der Waals surface area contributed by atoms with E-state index in [9.17, 15) is 16.8 Å². The summed E-state index contributed by atoms with van der Waals surface area (Å²) >= 11 is 0. The van der Waals surface area contributed by atoms with Crippen LogP contribution in [-0.4, -0.2) is 49.3 Å². The van der Waals surface area contributed by atoms with Gasteiger partial charge >= 0.3 is 0 Å². The van der Waals surface area contributed by atoms with E-state index in [0.29, 0.717) is 12.1 Å². The fourth-order valence-corrected chi connectivity index (χ4v) is 6.88. The normalized spacial score (nSPS) is 21.1. The first-order valence-electron chi connectivity index (χ1n) is 13.3. The molecule has 0 radical (unpaired) electrons. The molecule has 0 spiro atoms. The minimum atomic E-state index is -3.88. The molecule has 1 aliphatic rings. The number of benzene rings is 2. The molecule has 2 aromatic heterocycles. The van der Waals surface area contributed by atoms with Crippen molar-refractivity contribution in [1.82, 2.24) is 19.9 Å². The van der Waals surface area contributed by atoms with Crippen LogP contribution in [0, 0.1) is 0 Å². The third-order valence-corrected chi connectivity index (χ3v) is 9.35. The summed E-state index contributed by atoms with van der Waals surface area (Å²) in [5, 5.41) is -0.792. The van der Waals surface area contributed by atoms with Gasteiger partial charge in [0.2, 0.25) is 15.0 Å². The summed E-state index contributed by atoms with van der Waals surface area (Å²) in [6.07, 6.45) is 3.48. The molecular weight excluding hydrogens is 544 g/mol. The highest BCUT2D eigenvalue weighted by Gasteiger charge is 2.54. The highest BCUT2D eigenvalue weighted by atomic mass is 32.2. The maximum atomic E-state index is 12.6. The van der Waals surface area contributed by atoms with Crippen molar-refractivity contribution in [2.75, 3.05) is 12.5 Å². The summed E-state index contributed by atoms with van der Waals surface area (Å²) in [5.41, 5.74) is 4.35. The van der Waals surface area contributed by atoms with Crippen LogP contribution in [-0.2, 0) is 32.5 Å². The molecule has 8 nitrogen and oxygen atoms in total. The molecule has 1 aliphatic carbocycles. The van der Waals surface area contributed by atoms with Crippen molar-refractivity contribution < 1.29 is 16.8 Å². The second-order valence-electron chi connectivity index (χ2n) is 10.3. The largest absolute Gasteiger partial charge is 0.248 e. The first-order valence-corrected chi connectivity index (χ1v) is 17.0. The number of nitrogens with zero attached hydrogens (tertiary/aromatic N) is 4. The molecule has 10 heteroatoms. The van der Waals surface area contributed by atoms with Gasteiger partial charge in [0.25, 0.3) is 0 Å². The summed E-state index contributed by atoms with van der Waals surface area (Å²) in [4.78, 5) is 18.1. The Kier molecular flexibility index (Phi) is 7.58. The lowest BCUT2D eigenvalue weighted by molar-refractivity contribution is 0.218. The Hall–Kier alpha value is -3.50. The van der Waals surface area contributed by atoms with Crippen LogP contribution in [0.5, 0.6) is 0 Å². The van der Waals surface area contributed by atoms with Gasteiger partial charge in [0.1, 0.15) is 5.82 Å². The number of aryl methyl sites for hydroxylation is 2. The Morgan fingerprint density at radius 2 is 1.12 bits per heavy atom. The zero-order valence-corrected chi connectivity index (χ0v) is 24.5. The second kappa shape index (κ2) is 10.8. The molecular formula is C30H32N4O4S2. The molecule has 0 saturated heterocycles. The maximum Gasteiger partial charge on any atom is 0.248 e. The second-order valence-corrected chi connectivity index (χ2v) is 14.2. The van der Waals surface area contributed by atoms with Crippen LogP contribution in [0.3, 0.4) is 0 Å². The van der Waals surface area contributed by atoms with Gasteiger partial charge in [-0.25, -0.2) is 36.8 Å². The van der Waals surface area contributed by atoms with Gasteiger partial charge < -0.3 is 0 Å². The monoisotopic (exact) mass is 576 g/mol. The molecule has 0 N–H and O–H groups in total. The fourth-order valence-electron chi connectivity index (χ4n) is 5.70. The molecule has 5 rings (SSSR count). The van der Waals surface area contributed by atoms with Crippen LogP contribution in [0.1, 0.15) is 71.6 Å². The van der Waals surface area contributed by atoms with Crippen molar-refractivity contribution in [2.45, 2.75) is 60.5 Å². The number of sulfone groups is 2. The van der Waals surface area contributed by atoms with Crippen LogP contribution >= 0.6 is 0 Å². The fraction of sp³-hybridized carbons (Fsp3) is 0.333. The first-order chi connectivity index (χ1) is 19.0. The summed E-state index contributed by atoms with van der Waals surface area (Å²) in [7, 11) is -7.69. The highest BCUT2D eigenvalue weighted by Crippen LogP contribution is 2.66. The van der Waals surface area contributed by atoms with Gasteiger partial charge in [-0.1, -0.05) is 74.5 Å². The zero-order valence-electron chi connectivity index (χ0n) is 22.9. The van der Waals surface area contributed by atoms with E-state index in [1.165, 1.54) is 6.07 Å². The average molecular weight is 577 g/mol. The van der Waals surface area contributed by atoms with Crippen LogP contribution < -0.4 is 0 Å². The van der Waals surface area contributed by atoms with Gasteiger partial charge in [-0.3, -0.25) is 0 Å². The molecule has 2 atom stereocenters. The summed E-state index contributed by atoms with van der Waals surface area (Å²) < 4.78 is 50.4. The molecule has 208 valence electrons. The van der Waals surface area contributed by atoms with Crippen molar-refractivity contribution in [3.63, 3.8) is 0 Å². The summed E-state index contributed by atoms with van der Waals surface area (Å²) in [6, 6.07) is 23.5. The minimum Gasteiger partial charge on any atom is -0.238 e. The number of aromatic nitrogens is 4. The van der Waals surface area contributed by atoms with Crippen molar-refractivity contribution in [2.24, 2.45) is 0 Å². The van der Waals surface area contributed by atoms with Crippen LogP contribution in [0.4, 0.5) is 0 Å². The van der Waals surface area contributed by atoms with Gasteiger partial charge in [-0.15, -0.1) is 0 Å². The first kappa shape index (κ1) is 28.0.